The summed E-state index contributed by atoms with van der Waals surface area (Å²) in [4.78, 5) is 13.0. The molecule has 2 atom stereocenters. The SMILES string of the molecule is NCCC(=O)N1C[C@@H]2CCC(F)(F)[C@H]2C1. The van der Waals surface area contributed by atoms with Gasteiger partial charge in [0.05, 0.1) is 0 Å². The summed E-state index contributed by atoms with van der Waals surface area (Å²) in [7, 11) is 0. The van der Waals surface area contributed by atoms with E-state index in [1.165, 1.54) is 0 Å². The van der Waals surface area contributed by atoms with Crippen molar-refractivity contribution in [2.45, 2.75) is 25.2 Å². The minimum Gasteiger partial charge on any atom is -0.342 e. The standard InChI is InChI=1S/C10H16F2N2O/c11-10(12)3-1-7-5-14(6-8(7)10)9(15)2-4-13/h7-8H,1-6,13H2/t7-,8-/m0/s1. The molecule has 15 heavy (non-hydrogen) atoms. The van der Waals surface area contributed by atoms with E-state index in [-0.39, 0.29) is 31.2 Å². The van der Waals surface area contributed by atoms with Crippen LogP contribution in [0.25, 0.3) is 0 Å². The highest BCUT2D eigenvalue weighted by molar-refractivity contribution is 5.76. The molecule has 1 heterocycles. The van der Waals surface area contributed by atoms with Crippen LogP contribution in [0, 0.1) is 11.8 Å². The second-order valence-electron chi connectivity index (χ2n) is 4.50. The number of fused-ring (bicyclic) bond motifs is 1. The zero-order chi connectivity index (χ0) is 11.1. The second kappa shape index (κ2) is 3.70. The van der Waals surface area contributed by atoms with E-state index >= 15 is 0 Å². The van der Waals surface area contributed by atoms with Crippen molar-refractivity contribution in [3.05, 3.63) is 0 Å². The Hall–Kier alpha value is -0.710. The van der Waals surface area contributed by atoms with Crippen molar-refractivity contribution in [2.24, 2.45) is 17.6 Å². The third-order valence-corrected chi connectivity index (χ3v) is 3.54. The van der Waals surface area contributed by atoms with Gasteiger partial charge in [0, 0.05) is 38.4 Å². The normalized spacial score (nSPS) is 33.1. The molecular formula is C10H16F2N2O. The van der Waals surface area contributed by atoms with Gasteiger partial charge < -0.3 is 10.6 Å². The fraction of sp³-hybridized carbons (Fsp3) is 0.900. The predicted molar refractivity (Wildman–Crippen MR) is 51.4 cm³/mol. The molecule has 0 unspecified atom stereocenters. The van der Waals surface area contributed by atoms with Crippen LogP contribution >= 0.6 is 0 Å². The summed E-state index contributed by atoms with van der Waals surface area (Å²) < 4.78 is 26.7. The van der Waals surface area contributed by atoms with Gasteiger partial charge in [-0.15, -0.1) is 0 Å². The quantitative estimate of drug-likeness (QED) is 0.746. The topological polar surface area (TPSA) is 46.3 Å². The van der Waals surface area contributed by atoms with E-state index in [9.17, 15) is 13.6 Å². The summed E-state index contributed by atoms with van der Waals surface area (Å²) >= 11 is 0. The summed E-state index contributed by atoms with van der Waals surface area (Å²) in [5, 5.41) is 0. The van der Waals surface area contributed by atoms with Crippen LogP contribution in [-0.2, 0) is 4.79 Å². The van der Waals surface area contributed by atoms with Crippen molar-refractivity contribution in [2.75, 3.05) is 19.6 Å². The molecule has 0 spiro atoms. The van der Waals surface area contributed by atoms with Gasteiger partial charge in [-0.1, -0.05) is 0 Å². The lowest BCUT2D eigenvalue weighted by molar-refractivity contribution is -0.130. The van der Waals surface area contributed by atoms with E-state index in [1.54, 1.807) is 4.90 Å². The van der Waals surface area contributed by atoms with Crippen molar-refractivity contribution < 1.29 is 13.6 Å². The molecule has 0 aromatic carbocycles. The van der Waals surface area contributed by atoms with Gasteiger partial charge >= 0.3 is 0 Å². The van der Waals surface area contributed by atoms with Crippen molar-refractivity contribution >= 4 is 5.91 Å². The van der Waals surface area contributed by atoms with Crippen LogP contribution in [0.3, 0.4) is 0 Å². The smallest absolute Gasteiger partial charge is 0.252 e. The van der Waals surface area contributed by atoms with E-state index in [4.69, 9.17) is 5.73 Å². The number of hydrogen-bond donors (Lipinski definition) is 1. The third kappa shape index (κ3) is 1.85. The van der Waals surface area contributed by atoms with E-state index < -0.39 is 11.8 Å². The predicted octanol–water partition coefficient (Wildman–Crippen LogP) is 0.839. The van der Waals surface area contributed by atoms with E-state index in [0.717, 1.165) is 0 Å². The number of nitrogens with two attached hydrogens (primary N) is 1. The average molecular weight is 218 g/mol. The zero-order valence-corrected chi connectivity index (χ0v) is 8.59. The first-order valence-corrected chi connectivity index (χ1v) is 5.40. The first kappa shape index (κ1) is 10.8. The van der Waals surface area contributed by atoms with E-state index in [2.05, 4.69) is 0 Å². The molecule has 1 saturated carbocycles. The van der Waals surface area contributed by atoms with E-state index in [0.29, 0.717) is 19.5 Å². The van der Waals surface area contributed by atoms with Crippen LogP contribution in [0.1, 0.15) is 19.3 Å². The Morgan fingerprint density at radius 1 is 1.47 bits per heavy atom. The molecule has 1 amide bonds. The van der Waals surface area contributed by atoms with Crippen LogP contribution < -0.4 is 5.73 Å². The summed E-state index contributed by atoms with van der Waals surface area (Å²) in [5.41, 5.74) is 5.27. The Morgan fingerprint density at radius 2 is 2.20 bits per heavy atom. The highest BCUT2D eigenvalue weighted by Gasteiger charge is 2.54. The lowest BCUT2D eigenvalue weighted by Crippen LogP contribution is -2.33. The molecule has 0 radical (unpaired) electrons. The lowest BCUT2D eigenvalue weighted by atomic mass is 9.99. The highest BCUT2D eigenvalue weighted by atomic mass is 19.3. The first-order chi connectivity index (χ1) is 7.04. The zero-order valence-electron chi connectivity index (χ0n) is 8.59. The summed E-state index contributed by atoms with van der Waals surface area (Å²) in [6.45, 7) is 1.01. The van der Waals surface area contributed by atoms with Crippen molar-refractivity contribution in [1.82, 2.24) is 4.90 Å². The van der Waals surface area contributed by atoms with Crippen molar-refractivity contribution in [3.63, 3.8) is 0 Å². The minimum absolute atomic E-state index is 0.00160. The Labute approximate surface area is 87.6 Å². The molecule has 5 heteroatoms. The maximum absolute atomic E-state index is 13.4. The van der Waals surface area contributed by atoms with Crippen molar-refractivity contribution in [1.29, 1.82) is 0 Å². The molecule has 1 saturated heterocycles. The van der Waals surface area contributed by atoms with Gasteiger partial charge in [0.15, 0.2) is 0 Å². The molecule has 0 bridgehead atoms. The number of carbonyl (C=O) groups excluding carboxylic acids is 1. The number of amides is 1. The van der Waals surface area contributed by atoms with Crippen LogP contribution in [0.4, 0.5) is 8.78 Å². The molecule has 1 aliphatic heterocycles. The molecule has 0 aromatic heterocycles. The molecule has 3 nitrogen and oxygen atoms in total. The number of carbonyl (C=O) groups is 1. The number of rotatable bonds is 2. The van der Waals surface area contributed by atoms with Crippen LogP contribution in [0.15, 0.2) is 0 Å². The van der Waals surface area contributed by atoms with Gasteiger partial charge in [-0.2, -0.15) is 0 Å². The van der Waals surface area contributed by atoms with Crippen LogP contribution in [0.5, 0.6) is 0 Å². The third-order valence-electron chi connectivity index (χ3n) is 3.54. The second-order valence-corrected chi connectivity index (χ2v) is 4.50. The molecule has 2 N–H and O–H groups in total. The summed E-state index contributed by atoms with van der Waals surface area (Å²) in [5.74, 6) is -3.26. The largest absolute Gasteiger partial charge is 0.342 e. The summed E-state index contributed by atoms with van der Waals surface area (Å²) in [6, 6.07) is 0. The summed E-state index contributed by atoms with van der Waals surface area (Å²) in [6.07, 6.45) is 0.802. The van der Waals surface area contributed by atoms with Crippen LogP contribution in [-0.4, -0.2) is 36.4 Å². The molecule has 0 aromatic rings. The lowest BCUT2D eigenvalue weighted by Gasteiger charge is -2.20. The van der Waals surface area contributed by atoms with Gasteiger partial charge in [-0.3, -0.25) is 4.79 Å². The van der Waals surface area contributed by atoms with Gasteiger partial charge in [0.25, 0.3) is 5.92 Å². The Bertz CT molecular complexity index is 270. The van der Waals surface area contributed by atoms with E-state index in [1.807, 2.05) is 0 Å². The molecule has 1 aliphatic carbocycles. The van der Waals surface area contributed by atoms with Gasteiger partial charge in [0.2, 0.25) is 5.91 Å². The molecular weight excluding hydrogens is 202 g/mol. The molecule has 2 aliphatic rings. The first-order valence-electron chi connectivity index (χ1n) is 5.40. The molecule has 2 rings (SSSR count). The highest BCUT2D eigenvalue weighted by Crippen LogP contribution is 2.48. The van der Waals surface area contributed by atoms with Crippen LogP contribution in [0.2, 0.25) is 0 Å². The van der Waals surface area contributed by atoms with Crippen molar-refractivity contribution in [3.8, 4) is 0 Å². The number of alkyl halides is 2. The number of halogens is 2. The fourth-order valence-electron chi connectivity index (χ4n) is 2.69. The average Bonchev–Trinajstić information content (AvgIpc) is 2.68. The Morgan fingerprint density at radius 3 is 2.80 bits per heavy atom. The maximum atomic E-state index is 13.4. The van der Waals surface area contributed by atoms with Gasteiger partial charge in [-0.25, -0.2) is 8.78 Å². The number of nitrogens with zero attached hydrogens (tertiary/aromatic N) is 1. The Balaban J connectivity index is 1.98. The monoisotopic (exact) mass is 218 g/mol. The van der Waals surface area contributed by atoms with Gasteiger partial charge in [0.1, 0.15) is 0 Å². The number of likely N-dealkylation sites (tertiary alicyclic amines) is 1. The molecule has 86 valence electrons. The maximum Gasteiger partial charge on any atom is 0.252 e. The molecule has 2 fully saturated rings. The van der Waals surface area contributed by atoms with Gasteiger partial charge in [-0.05, 0) is 12.3 Å². The Kier molecular flexibility index (Phi) is 2.66. The fourth-order valence-corrected chi connectivity index (χ4v) is 2.69. The minimum atomic E-state index is -2.57. The number of hydrogen-bond acceptors (Lipinski definition) is 2.